The highest BCUT2D eigenvalue weighted by atomic mass is 35.5. The van der Waals surface area contributed by atoms with Crippen molar-refractivity contribution in [3.05, 3.63) is 35.4 Å². The summed E-state index contributed by atoms with van der Waals surface area (Å²) in [6.45, 7) is 0. The van der Waals surface area contributed by atoms with Crippen molar-refractivity contribution in [3.63, 3.8) is 0 Å². The van der Waals surface area contributed by atoms with Gasteiger partial charge in [-0.15, -0.1) is 12.4 Å². The van der Waals surface area contributed by atoms with Crippen molar-refractivity contribution in [2.45, 2.75) is 50.4 Å². The SMILES string of the molecule is CN(C)C1CCCCC1N(C)C(=O)Cc1ccc(C(F)(F)F)cc1.Cl. The maximum absolute atomic E-state index is 12.6. The Morgan fingerprint density at radius 3 is 2.04 bits per heavy atom. The first-order valence-electron chi connectivity index (χ1n) is 8.28. The van der Waals surface area contributed by atoms with Crippen molar-refractivity contribution in [2.24, 2.45) is 0 Å². The van der Waals surface area contributed by atoms with Crippen molar-refractivity contribution in [1.82, 2.24) is 9.80 Å². The van der Waals surface area contributed by atoms with Crippen molar-refractivity contribution in [3.8, 4) is 0 Å². The van der Waals surface area contributed by atoms with Crippen LogP contribution < -0.4 is 0 Å². The number of likely N-dealkylation sites (N-methyl/N-ethyl adjacent to an activating group) is 2. The molecule has 0 bridgehead atoms. The summed E-state index contributed by atoms with van der Waals surface area (Å²) in [7, 11) is 5.85. The summed E-state index contributed by atoms with van der Waals surface area (Å²) in [6.07, 6.45) is 0.0898. The average Bonchev–Trinajstić information content (AvgIpc) is 2.53. The summed E-state index contributed by atoms with van der Waals surface area (Å²) in [4.78, 5) is 16.5. The zero-order valence-electron chi connectivity index (χ0n) is 14.8. The van der Waals surface area contributed by atoms with Gasteiger partial charge in [-0.3, -0.25) is 4.79 Å². The van der Waals surface area contributed by atoms with Crippen LogP contribution >= 0.6 is 12.4 Å². The van der Waals surface area contributed by atoms with Crippen LogP contribution in [0.2, 0.25) is 0 Å². The zero-order valence-corrected chi connectivity index (χ0v) is 15.7. The second-order valence-corrected chi connectivity index (χ2v) is 6.76. The summed E-state index contributed by atoms with van der Waals surface area (Å²) in [5.74, 6) is -0.0477. The molecule has 0 radical (unpaired) electrons. The van der Waals surface area contributed by atoms with Crippen LogP contribution in [0, 0.1) is 0 Å². The number of benzene rings is 1. The normalized spacial score (nSPS) is 20.9. The Labute approximate surface area is 153 Å². The van der Waals surface area contributed by atoms with Crippen LogP contribution in [0.3, 0.4) is 0 Å². The number of carbonyl (C=O) groups is 1. The van der Waals surface area contributed by atoms with Crippen LogP contribution in [0.4, 0.5) is 13.2 Å². The van der Waals surface area contributed by atoms with Gasteiger partial charge in [-0.25, -0.2) is 0 Å². The van der Waals surface area contributed by atoms with Gasteiger partial charge in [-0.05, 0) is 44.6 Å². The standard InChI is InChI=1S/C18H25F3N2O.ClH/c1-22(2)15-6-4-5-7-16(15)23(3)17(24)12-13-8-10-14(11-9-13)18(19,20)21;/h8-11,15-16H,4-7,12H2,1-3H3;1H. The van der Waals surface area contributed by atoms with E-state index in [1.165, 1.54) is 18.6 Å². The second-order valence-electron chi connectivity index (χ2n) is 6.76. The Morgan fingerprint density at radius 2 is 1.56 bits per heavy atom. The third-order valence-corrected chi connectivity index (χ3v) is 4.88. The number of hydrogen-bond acceptors (Lipinski definition) is 2. The molecule has 1 aromatic rings. The third-order valence-electron chi connectivity index (χ3n) is 4.88. The average molecular weight is 379 g/mol. The summed E-state index contributed by atoms with van der Waals surface area (Å²) >= 11 is 0. The Hall–Kier alpha value is -1.27. The van der Waals surface area contributed by atoms with E-state index < -0.39 is 11.7 Å². The van der Waals surface area contributed by atoms with Crippen molar-refractivity contribution in [1.29, 1.82) is 0 Å². The van der Waals surface area contributed by atoms with E-state index in [1.54, 1.807) is 11.9 Å². The van der Waals surface area contributed by atoms with E-state index in [0.717, 1.165) is 31.4 Å². The molecule has 1 amide bonds. The molecule has 2 unspecified atom stereocenters. The van der Waals surface area contributed by atoms with Gasteiger partial charge in [-0.2, -0.15) is 13.2 Å². The van der Waals surface area contributed by atoms with Crippen molar-refractivity contribution in [2.75, 3.05) is 21.1 Å². The first-order valence-corrected chi connectivity index (χ1v) is 8.28. The highest BCUT2D eigenvalue weighted by molar-refractivity contribution is 5.85. The van der Waals surface area contributed by atoms with Gasteiger partial charge in [0.25, 0.3) is 0 Å². The summed E-state index contributed by atoms with van der Waals surface area (Å²) in [6, 6.07) is 5.34. The Balaban J connectivity index is 0.00000312. The Kier molecular flexibility index (Phi) is 7.75. The molecule has 25 heavy (non-hydrogen) atoms. The molecule has 0 aromatic heterocycles. The van der Waals surface area contributed by atoms with E-state index in [9.17, 15) is 18.0 Å². The van der Waals surface area contributed by atoms with Gasteiger partial charge >= 0.3 is 6.18 Å². The minimum atomic E-state index is -4.35. The fourth-order valence-corrected chi connectivity index (χ4v) is 3.44. The molecule has 7 heteroatoms. The fourth-order valence-electron chi connectivity index (χ4n) is 3.44. The highest BCUT2D eigenvalue weighted by Crippen LogP contribution is 2.29. The molecule has 0 spiro atoms. The number of halogens is 4. The fraction of sp³-hybridized carbons (Fsp3) is 0.611. The molecule has 3 nitrogen and oxygen atoms in total. The van der Waals surface area contributed by atoms with Gasteiger partial charge in [0.15, 0.2) is 0 Å². The molecule has 1 saturated carbocycles. The lowest BCUT2D eigenvalue weighted by Crippen LogP contribution is -2.52. The molecule has 2 atom stereocenters. The molecule has 2 rings (SSSR count). The monoisotopic (exact) mass is 378 g/mol. The topological polar surface area (TPSA) is 23.6 Å². The highest BCUT2D eigenvalue weighted by Gasteiger charge is 2.32. The Morgan fingerprint density at radius 1 is 1.04 bits per heavy atom. The molecule has 0 aliphatic heterocycles. The number of carbonyl (C=O) groups excluding carboxylic acids is 1. The van der Waals surface area contributed by atoms with Gasteiger partial charge in [0.1, 0.15) is 0 Å². The minimum absolute atomic E-state index is 0. The maximum atomic E-state index is 12.6. The van der Waals surface area contributed by atoms with E-state index in [1.807, 2.05) is 14.1 Å². The molecule has 0 saturated heterocycles. The number of nitrogens with zero attached hydrogens (tertiary/aromatic N) is 2. The number of hydrogen-bond donors (Lipinski definition) is 0. The van der Waals surface area contributed by atoms with E-state index >= 15 is 0 Å². The van der Waals surface area contributed by atoms with Gasteiger partial charge < -0.3 is 9.80 Å². The predicted molar refractivity (Wildman–Crippen MR) is 94.9 cm³/mol. The number of amides is 1. The second kappa shape index (κ2) is 8.90. The Bertz CT molecular complexity index is 560. The lowest BCUT2D eigenvalue weighted by molar-refractivity contribution is -0.137. The summed E-state index contributed by atoms with van der Waals surface area (Å²) < 4.78 is 37.8. The largest absolute Gasteiger partial charge is 0.416 e. The molecular formula is C18H26ClF3N2O. The number of rotatable bonds is 4. The van der Waals surface area contributed by atoms with E-state index in [2.05, 4.69) is 4.90 Å². The molecule has 1 aliphatic rings. The molecule has 0 N–H and O–H groups in total. The predicted octanol–water partition coefficient (Wildman–Crippen LogP) is 4.00. The van der Waals surface area contributed by atoms with Crippen LogP contribution in [0.25, 0.3) is 0 Å². The number of alkyl halides is 3. The first kappa shape index (κ1) is 21.8. The van der Waals surface area contributed by atoms with Gasteiger partial charge in [-0.1, -0.05) is 25.0 Å². The van der Waals surface area contributed by atoms with Crippen molar-refractivity contribution < 1.29 is 18.0 Å². The van der Waals surface area contributed by atoms with Gasteiger partial charge in [0.05, 0.1) is 12.0 Å². The van der Waals surface area contributed by atoms with Crippen LogP contribution in [0.15, 0.2) is 24.3 Å². The minimum Gasteiger partial charge on any atom is -0.341 e. The smallest absolute Gasteiger partial charge is 0.341 e. The first-order chi connectivity index (χ1) is 11.2. The maximum Gasteiger partial charge on any atom is 0.416 e. The molecular weight excluding hydrogens is 353 g/mol. The van der Waals surface area contributed by atoms with Crippen LogP contribution in [-0.4, -0.2) is 48.9 Å². The summed E-state index contributed by atoms with van der Waals surface area (Å²) in [5, 5.41) is 0. The molecule has 1 aliphatic carbocycles. The van der Waals surface area contributed by atoms with E-state index in [4.69, 9.17) is 0 Å². The zero-order chi connectivity index (χ0) is 17.9. The lowest BCUT2D eigenvalue weighted by atomic mass is 9.88. The van der Waals surface area contributed by atoms with Crippen molar-refractivity contribution >= 4 is 18.3 Å². The van der Waals surface area contributed by atoms with Crippen LogP contribution in [0.1, 0.15) is 36.8 Å². The van der Waals surface area contributed by atoms with Gasteiger partial charge in [0, 0.05) is 19.1 Å². The van der Waals surface area contributed by atoms with E-state index in [0.29, 0.717) is 11.6 Å². The molecule has 142 valence electrons. The summed E-state index contributed by atoms with van der Waals surface area (Å²) in [5.41, 5.74) is -0.0796. The molecule has 0 heterocycles. The lowest BCUT2D eigenvalue weighted by Gasteiger charge is -2.41. The molecule has 1 aromatic carbocycles. The van der Waals surface area contributed by atoms with Gasteiger partial charge in [0.2, 0.25) is 5.91 Å². The quantitative estimate of drug-likeness (QED) is 0.790. The molecule has 1 fully saturated rings. The van der Waals surface area contributed by atoms with E-state index in [-0.39, 0.29) is 30.8 Å². The third kappa shape index (κ3) is 5.61. The van der Waals surface area contributed by atoms with Crippen LogP contribution in [0.5, 0.6) is 0 Å². The van der Waals surface area contributed by atoms with Crippen LogP contribution in [-0.2, 0) is 17.4 Å².